The lowest BCUT2D eigenvalue weighted by Crippen LogP contribution is -1.98. The molecule has 0 atom stereocenters. The van der Waals surface area contributed by atoms with E-state index in [4.69, 9.17) is 32.4 Å². The molecule has 2 rings (SSSR count). The van der Waals surface area contributed by atoms with Gasteiger partial charge in [0, 0.05) is 16.7 Å². The van der Waals surface area contributed by atoms with Crippen LogP contribution in [0.5, 0.6) is 0 Å². The topological polar surface area (TPSA) is 39.4 Å². The Morgan fingerprint density at radius 2 is 2.10 bits per heavy atom. The number of benzene rings is 1. The summed E-state index contributed by atoms with van der Waals surface area (Å²) in [4.78, 5) is 11.2. The highest BCUT2D eigenvalue weighted by Crippen LogP contribution is 2.31. The molecule has 1 heterocycles. The largest absolute Gasteiger partial charge is 0.463 e. The van der Waals surface area contributed by atoms with Crippen molar-refractivity contribution in [2.75, 3.05) is 6.61 Å². The Kier molecular flexibility index (Phi) is 4.88. The van der Waals surface area contributed by atoms with Crippen LogP contribution in [-0.2, 0) is 9.53 Å². The SMILES string of the molecule is CCOC(=O)/C=C/c1ccc(-c2ccc(Cl)cc2Cl)o1. The van der Waals surface area contributed by atoms with Crippen molar-refractivity contribution < 1.29 is 13.9 Å². The molecule has 0 aliphatic rings. The minimum atomic E-state index is -0.407. The first-order chi connectivity index (χ1) is 9.60. The van der Waals surface area contributed by atoms with Gasteiger partial charge in [-0.2, -0.15) is 0 Å². The zero-order chi connectivity index (χ0) is 14.5. The third-order valence-electron chi connectivity index (χ3n) is 2.49. The van der Waals surface area contributed by atoms with Crippen molar-refractivity contribution in [3.05, 3.63) is 52.2 Å². The first kappa shape index (κ1) is 14.7. The van der Waals surface area contributed by atoms with E-state index in [-0.39, 0.29) is 0 Å². The van der Waals surface area contributed by atoms with Crippen molar-refractivity contribution in [2.45, 2.75) is 6.92 Å². The van der Waals surface area contributed by atoms with Crippen LogP contribution in [-0.4, -0.2) is 12.6 Å². The molecule has 0 saturated heterocycles. The number of hydrogen-bond acceptors (Lipinski definition) is 3. The first-order valence-electron chi connectivity index (χ1n) is 6.00. The summed E-state index contributed by atoms with van der Waals surface area (Å²) in [5.74, 6) is 0.740. The standard InChI is InChI=1S/C15H12Cl2O3/c1-2-19-15(18)8-5-11-4-7-14(20-11)12-6-3-10(16)9-13(12)17/h3-9H,2H2,1H3/b8-5+. The van der Waals surface area contributed by atoms with Gasteiger partial charge in [-0.3, -0.25) is 0 Å². The van der Waals surface area contributed by atoms with E-state index >= 15 is 0 Å². The fourth-order valence-electron chi connectivity index (χ4n) is 1.62. The number of furan rings is 1. The zero-order valence-electron chi connectivity index (χ0n) is 10.7. The van der Waals surface area contributed by atoms with Crippen LogP contribution in [0.25, 0.3) is 17.4 Å². The predicted molar refractivity (Wildman–Crippen MR) is 79.8 cm³/mol. The summed E-state index contributed by atoms with van der Waals surface area (Å²) in [6.45, 7) is 2.09. The molecule has 0 aliphatic heterocycles. The van der Waals surface area contributed by atoms with E-state index in [1.165, 1.54) is 6.08 Å². The molecule has 0 unspecified atom stereocenters. The summed E-state index contributed by atoms with van der Waals surface area (Å²) in [5.41, 5.74) is 0.742. The second-order valence-corrected chi connectivity index (χ2v) is 4.76. The van der Waals surface area contributed by atoms with Gasteiger partial charge < -0.3 is 9.15 Å². The molecule has 2 aromatic rings. The Bertz CT molecular complexity index is 644. The van der Waals surface area contributed by atoms with Crippen LogP contribution in [0.15, 0.2) is 40.8 Å². The van der Waals surface area contributed by atoms with Crippen LogP contribution in [0.2, 0.25) is 10.0 Å². The Morgan fingerprint density at radius 3 is 2.80 bits per heavy atom. The van der Waals surface area contributed by atoms with Gasteiger partial charge in [0.15, 0.2) is 0 Å². The highest BCUT2D eigenvalue weighted by molar-refractivity contribution is 6.36. The summed E-state index contributed by atoms with van der Waals surface area (Å²) in [6, 6.07) is 8.69. The number of halogens is 2. The van der Waals surface area contributed by atoms with E-state index in [1.807, 2.05) is 0 Å². The molecule has 1 aromatic heterocycles. The number of carbonyl (C=O) groups excluding carboxylic acids is 1. The summed E-state index contributed by atoms with van der Waals surface area (Å²) in [5, 5.41) is 1.07. The number of esters is 1. The van der Waals surface area contributed by atoms with Gasteiger partial charge in [0.05, 0.1) is 11.6 Å². The van der Waals surface area contributed by atoms with E-state index in [0.29, 0.717) is 28.2 Å². The molecule has 0 aliphatic carbocycles. The molecule has 0 spiro atoms. The molecular formula is C15H12Cl2O3. The van der Waals surface area contributed by atoms with Crippen molar-refractivity contribution in [2.24, 2.45) is 0 Å². The summed E-state index contributed by atoms with van der Waals surface area (Å²) < 4.78 is 10.4. The summed E-state index contributed by atoms with van der Waals surface area (Å²) >= 11 is 12.0. The normalized spacial score (nSPS) is 10.9. The van der Waals surface area contributed by atoms with Crippen LogP contribution in [0.4, 0.5) is 0 Å². The lowest BCUT2D eigenvalue weighted by Gasteiger charge is -2.00. The molecule has 1 aromatic carbocycles. The van der Waals surface area contributed by atoms with Gasteiger partial charge in [0.1, 0.15) is 11.5 Å². The number of rotatable bonds is 4. The average molecular weight is 311 g/mol. The first-order valence-corrected chi connectivity index (χ1v) is 6.76. The summed E-state index contributed by atoms with van der Waals surface area (Å²) in [6.07, 6.45) is 2.86. The predicted octanol–water partition coefficient (Wildman–Crippen LogP) is 4.83. The summed E-state index contributed by atoms with van der Waals surface area (Å²) in [7, 11) is 0. The van der Waals surface area contributed by atoms with E-state index in [0.717, 1.165) is 5.56 Å². The second kappa shape index (κ2) is 6.64. The lowest BCUT2D eigenvalue weighted by atomic mass is 10.2. The molecule has 0 radical (unpaired) electrons. The molecule has 20 heavy (non-hydrogen) atoms. The monoisotopic (exact) mass is 310 g/mol. The van der Waals surface area contributed by atoms with Gasteiger partial charge in [-0.25, -0.2) is 4.79 Å². The van der Waals surface area contributed by atoms with Crippen LogP contribution in [0.1, 0.15) is 12.7 Å². The molecule has 0 bridgehead atoms. The van der Waals surface area contributed by atoms with Crippen LogP contribution in [0, 0.1) is 0 Å². The molecule has 0 amide bonds. The number of ether oxygens (including phenoxy) is 1. The molecule has 0 saturated carbocycles. The average Bonchev–Trinajstić information content (AvgIpc) is 2.85. The number of carbonyl (C=O) groups is 1. The maximum absolute atomic E-state index is 11.2. The molecule has 104 valence electrons. The minimum Gasteiger partial charge on any atom is -0.463 e. The quantitative estimate of drug-likeness (QED) is 0.600. The Hall–Kier alpha value is -1.71. The second-order valence-electron chi connectivity index (χ2n) is 3.91. The molecule has 5 heteroatoms. The van der Waals surface area contributed by atoms with E-state index in [2.05, 4.69) is 0 Å². The van der Waals surface area contributed by atoms with E-state index in [1.54, 1.807) is 43.3 Å². The fourth-order valence-corrected chi connectivity index (χ4v) is 2.12. The van der Waals surface area contributed by atoms with Crippen LogP contribution >= 0.6 is 23.2 Å². The smallest absolute Gasteiger partial charge is 0.330 e. The Balaban J connectivity index is 2.18. The van der Waals surface area contributed by atoms with Crippen molar-refractivity contribution in [3.8, 4) is 11.3 Å². The lowest BCUT2D eigenvalue weighted by molar-refractivity contribution is -0.137. The van der Waals surface area contributed by atoms with E-state index < -0.39 is 5.97 Å². The van der Waals surface area contributed by atoms with Crippen molar-refractivity contribution in [1.82, 2.24) is 0 Å². The van der Waals surface area contributed by atoms with Gasteiger partial charge in [-0.15, -0.1) is 0 Å². The maximum atomic E-state index is 11.2. The van der Waals surface area contributed by atoms with Gasteiger partial charge in [-0.1, -0.05) is 23.2 Å². The van der Waals surface area contributed by atoms with Crippen molar-refractivity contribution in [1.29, 1.82) is 0 Å². The highest BCUT2D eigenvalue weighted by Gasteiger charge is 2.08. The molecular weight excluding hydrogens is 299 g/mol. The maximum Gasteiger partial charge on any atom is 0.330 e. The molecule has 0 fully saturated rings. The Labute approximate surface area is 126 Å². The third-order valence-corrected chi connectivity index (χ3v) is 3.04. The Morgan fingerprint density at radius 1 is 1.30 bits per heavy atom. The van der Waals surface area contributed by atoms with Gasteiger partial charge in [-0.05, 0) is 43.3 Å². The van der Waals surface area contributed by atoms with Gasteiger partial charge in [0.2, 0.25) is 0 Å². The third kappa shape index (κ3) is 3.65. The van der Waals surface area contributed by atoms with Gasteiger partial charge >= 0.3 is 5.97 Å². The minimum absolute atomic E-state index is 0.340. The van der Waals surface area contributed by atoms with Crippen molar-refractivity contribution in [3.63, 3.8) is 0 Å². The van der Waals surface area contributed by atoms with Gasteiger partial charge in [0.25, 0.3) is 0 Å². The molecule has 3 nitrogen and oxygen atoms in total. The fraction of sp³-hybridized carbons (Fsp3) is 0.133. The van der Waals surface area contributed by atoms with E-state index in [9.17, 15) is 4.79 Å². The zero-order valence-corrected chi connectivity index (χ0v) is 12.2. The van der Waals surface area contributed by atoms with Crippen LogP contribution < -0.4 is 0 Å². The van der Waals surface area contributed by atoms with Crippen LogP contribution in [0.3, 0.4) is 0 Å². The molecule has 0 N–H and O–H groups in total. The highest BCUT2D eigenvalue weighted by atomic mass is 35.5. The number of hydrogen-bond donors (Lipinski definition) is 0. The van der Waals surface area contributed by atoms with Crippen molar-refractivity contribution >= 4 is 35.2 Å².